The molecule has 3 aromatic carbocycles. The fourth-order valence-corrected chi connectivity index (χ4v) is 3.82. The number of hydrogen-bond donors (Lipinski definition) is 1. The Bertz CT molecular complexity index is 840. The lowest BCUT2D eigenvalue weighted by molar-refractivity contribution is 0.386. The number of nitrogens with one attached hydrogen (secondary N) is 1. The zero-order valence-electron chi connectivity index (χ0n) is 14.8. The van der Waals surface area contributed by atoms with Gasteiger partial charge in [-0.2, -0.15) is 0 Å². The Balaban J connectivity index is 1.79. The summed E-state index contributed by atoms with van der Waals surface area (Å²) in [5.74, 6) is 0. The SMILES string of the molecule is CC1(C)C(c2ccccc2)Nc2ccccc2N1Cc1ccccc1. The van der Waals surface area contributed by atoms with E-state index in [1.807, 2.05) is 0 Å². The van der Waals surface area contributed by atoms with Gasteiger partial charge in [0.05, 0.1) is 23.0 Å². The van der Waals surface area contributed by atoms with Gasteiger partial charge in [-0.05, 0) is 37.1 Å². The van der Waals surface area contributed by atoms with Gasteiger partial charge in [0.25, 0.3) is 0 Å². The van der Waals surface area contributed by atoms with Crippen LogP contribution in [0.15, 0.2) is 84.9 Å². The summed E-state index contributed by atoms with van der Waals surface area (Å²) in [6, 6.07) is 30.3. The lowest BCUT2D eigenvalue weighted by atomic mass is 9.83. The van der Waals surface area contributed by atoms with Crippen LogP contribution in [0, 0.1) is 0 Å². The number of anilines is 2. The quantitative estimate of drug-likeness (QED) is 0.669. The zero-order chi connectivity index (χ0) is 17.3. The molecule has 4 rings (SSSR count). The van der Waals surface area contributed by atoms with Gasteiger partial charge in [0.2, 0.25) is 0 Å². The maximum Gasteiger partial charge on any atom is 0.0741 e. The molecular weight excluding hydrogens is 304 g/mol. The average molecular weight is 328 g/mol. The number of nitrogens with zero attached hydrogens (tertiary/aromatic N) is 1. The molecule has 2 heteroatoms. The average Bonchev–Trinajstić information content (AvgIpc) is 2.65. The Morgan fingerprint density at radius 1 is 0.800 bits per heavy atom. The molecule has 1 heterocycles. The van der Waals surface area contributed by atoms with E-state index in [1.165, 1.54) is 22.5 Å². The first kappa shape index (κ1) is 15.8. The Kier molecular flexibility index (Phi) is 3.96. The number of benzene rings is 3. The second-order valence-electron chi connectivity index (χ2n) is 7.23. The van der Waals surface area contributed by atoms with Crippen molar-refractivity contribution in [2.45, 2.75) is 32.0 Å². The molecule has 0 fully saturated rings. The molecule has 0 amide bonds. The van der Waals surface area contributed by atoms with E-state index in [4.69, 9.17) is 0 Å². The minimum atomic E-state index is -0.0639. The maximum atomic E-state index is 3.78. The van der Waals surface area contributed by atoms with Crippen LogP contribution in [0.5, 0.6) is 0 Å². The molecule has 0 aliphatic carbocycles. The van der Waals surface area contributed by atoms with Crippen molar-refractivity contribution in [2.75, 3.05) is 10.2 Å². The highest BCUT2D eigenvalue weighted by Gasteiger charge is 2.41. The summed E-state index contributed by atoms with van der Waals surface area (Å²) in [5, 5.41) is 3.78. The predicted molar refractivity (Wildman–Crippen MR) is 106 cm³/mol. The Labute approximate surface area is 150 Å². The van der Waals surface area contributed by atoms with Gasteiger partial charge < -0.3 is 10.2 Å². The van der Waals surface area contributed by atoms with Crippen LogP contribution in [0.4, 0.5) is 11.4 Å². The fourth-order valence-electron chi connectivity index (χ4n) is 3.82. The van der Waals surface area contributed by atoms with Crippen molar-refractivity contribution in [3.8, 4) is 0 Å². The van der Waals surface area contributed by atoms with E-state index in [0.717, 1.165) is 6.54 Å². The van der Waals surface area contributed by atoms with Gasteiger partial charge in [0.1, 0.15) is 0 Å². The molecule has 1 aliphatic heterocycles. The van der Waals surface area contributed by atoms with E-state index in [2.05, 4.69) is 109 Å². The van der Waals surface area contributed by atoms with Gasteiger partial charge >= 0.3 is 0 Å². The van der Waals surface area contributed by atoms with Crippen LogP contribution in [0.1, 0.15) is 31.0 Å². The summed E-state index contributed by atoms with van der Waals surface area (Å²) >= 11 is 0. The van der Waals surface area contributed by atoms with Crippen molar-refractivity contribution in [1.82, 2.24) is 0 Å². The Morgan fingerprint density at radius 3 is 2.12 bits per heavy atom. The van der Waals surface area contributed by atoms with Crippen molar-refractivity contribution in [1.29, 1.82) is 0 Å². The van der Waals surface area contributed by atoms with Crippen molar-refractivity contribution in [3.05, 3.63) is 96.1 Å². The molecule has 1 aliphatic rings. The monoisotopic (exact) mass is 328 g/mol. The van der Waals surface area contributed by atoms with E-state index in [9.17, 15) is 0 Å². The molecule has 0 bridgehead atoms. The van der Waals surface area contributed by atoms with Crippen molar-refractivity contribution < 1.29 is 0 Å². The summed E-state index contributed by atoms with van der Waals surface area (Å²) in [6.45, 7) is 5.56. The van der Waals surface area contributed by atoms with Crippen molar-refractivity contribution >= 4 is 11.4 Å². The zero-order valence-corrected chi connectivity index (χ0v) is 14.8. The third-order valence-corrected chi connectivity index (χ3v) is 5.21. The second-order valence-corrected chi connectivity index (χ2v) is 7.23. The molecule has 1 N–H and O–H groups in total. The van der Waals surface area contributed by atoms with Gasteiger partial charge in [0.15, 0.2) is 0 Å². The van der Waals surface area contributed by atoms with Gasteiger partial charge in [-0.1, -0.05) is 72.8 Å². The van der Waals surface area contributed by atoms with E-state index in [0.29, 0.717) is 0 Å². The molecular formula is C23H24N2. The highest BCUT2D eigenvalue weighted by molar-refractivity contribution is 5.75. The van der Waals surface area contributed by atoms with Crippen LogP contribution in [0.2, 0.25) is 0 Å². The second kappa shape index (κ2) is 6.29. The Hall–Kier alpha value is -2.74. The molecule has 25 heavy (non-hydrogen) atoms. The highest BCUT2D eigenvalue weighted by atomic mass is 15.3. The first-order valence-corrected chi connectivity index (χ1v) is 8.88. The number of fused-ring (bicyclic) bond motifs is 1. The fraction of sp³-hybridized carbons (Fsp3) is 0.217. The van der Waals surface area contributed by atoms with E-state index in [1.54, 1.807) is 0 Å². The standard InChI is InChI=1S/C23H24N2/c1-23(2)22(19-13-7-4-8-14-19)24-20-15-9-10-16-21(20)25(23)17-18-11-5-3-6-12-18/h3-16,22,24H,17H2,1-2H3. The topological polar surface area (TPSA) is 15.3 Å². The third-order valence-electron chi connectivity index (χ3n) is 5.21. The van der Waals surface area contributed by atoms with E-state index < -0.39 is 0 Å². The molecule has 1 atom stereocenters. The van der Waals surface area contributed by atoms with Crippen molar-refractivity contribution in [3.63, 3.8) is 0 Å². The lowest BCUT2D eigenvalue weighted by Crippen LogP contribution is -2.53. The van der Waals surface area contributed by atoms with E-state index >= 15 is 0 Å². The molecule has 2 nitrogen and oxygen atoms in total. The van der Waals surface area contributed by atoms with Crippen molar-refractivity contribution in [2.24, 2.45) is 0 Å². The Morgan fingerprint density at radius 2 is 1.40 bits per heavy atom. The van der Waals surface area contributed by atoms with Gasteiger partial charge in [0, 0.05) is 6.54 Å². The van der Waals surface area contributed by atoms with Crippen LogP contribution in [-0.2, 0) is 6.54 Å². The van der Waals surface area contributed by atoms with Crippen LogP contribution >= 0.6 is 0 Å². The summed E-state index contributed by atoms with van der Waals surface area (Å²) in [6.07, 6.45) is 0. The molecule has 0 spiro atoms. The van der Waals surface area contributed by atoms with Crippen LogP contribution in [-0.4, -0.2) is 5.54 Å². The third kappa shape index (κ3) is 2.89. The molecule has 3 aromatic rings. The normalized spacial score (nSPS) is 18.3. The largest absolute Gasteiger partial charge is 0.374 e. The summed E-state index contributed by atoms with van der Waals surface area (Å²) in [5.41, 5.74) is 5.06. The van der Waals surface area contributed by atoms with Gasteiger partial charge in [-0.3, -0.25) is 0 Å². The summed E-state index contributed by atoms with van der Waals surface area (Å²) in [7, 11) is 0. The van der Waals surface area contributed by atoms with Crippen LogP contribution < -0.4 is 10.2 Å². The summed E-state index contributed by atoms with van der Waals surface area (Å²) in [4.78, 5) is 2.53. The first-order valence-electron chi connectivity index (χ1n) is 8.88. The minimum absolute atomic E-state index is 0.0639. The van der Waals surface area contributed by atoms with Gasteiger partial charge in [-0.25, -0.2) is 0 Å². The van der Waals surface area contributed by atoms with Crippen LogP contribution in [0.3, 0.4) is 0 Å². The predicted octanol–water partition coefficient (Wildman–Crippen LogP) is 5.64. The molecule has 126 valence electrons. The van der Waals surface area contributed by atoms with Crippen LogP contribution in [0.25, 0.3) is 0 Å². The van der Waals surface area contributed by atoms with E-state index in [-0.39, 0.29) is 11.6 Å². The minimum Gasteiger partial charge on any atom is -0.374 e. The molecule has 0 saturated carbocycles. The van der Waals surface area contributed by atoms with Gasteiger partial charge in [-0.15, -0.1) is 0 Å². The number of para-hydroxylation sites is 2. The summed E-state index contributed by atoms with van der Waals surface area (Å²) < 4.78 is 0. The molecule has 0 aromatic heterocycles. The lowest BCUT2D eigenvalue weighted by Gasteiger charge is -2.51. The highest BCUT2D eigenvalue weighted by Crippen LogP contribution is 2.45. The number of rotatable bonds is 3. The molecule has 0 saturated heterocycles. The number of hydrogen-bond acceptors (Lipinski definition) is 2. The smallest absolute Gasteiger partial charge is 0.0741 e. The molecule has 1 unspecified atom stereocenters. The maximum absolute atomic E-state index is 3.78. The first-order chi connectivity index (χ1) is 12.2. The molecule has 0 radical (unpaired) electrons.